The van der Waals surface area contributed by atoms with Crippen LogP contribution in [0.2, 0.25) is 0 Å². The second-order valence-electron chi connectivity index (χ2n) is 6.93. The summed E-state index contributed by atoms with van der Waals surface area (Å²) in [4.78, 5) is 36.1. The number of aliphatic carboxylic acids is 1. The molecule has 1 aromatic heterocycles. The molecule has 3 rings (SSSR count). The second kappa shape index (κ2) is 9.62. The van der Waals surface area contributed by atoms with Crippen molar-refractivity contribution < 1.29 is 24.2 Å². The second-order valence-corrected chi connectivity index (χ2v) is 6.93. The van der Waals surface area contributed by atoms with Gasteiger partial charge in [0.05, 0.1) is 19.2 Å². The maximum absolute atomic E-state index is 12.6. The van der Waals surface area contributed by atoms with Gasteiger partial charge < -0.3 is 15.2 Å². The maximum Gasteiger partial charge on any atom is 0.328 e. The highest BCUT2D eigenvalue weighted by Gasteiger charge is 2.19. The van der Waals surface area contributed by atoms with Gasteiger partial charge in [-0.3, -0.25) is 24.5 Å². The number of ether oxygens (including phenoxy) is 1. The Morgan fingerprint density at radius 3 is 2.42 bits per heavy atom. The first-order valence-corrected chi connectivity index (χ1v) is 9.63. The van der Waals surface area contributed by atoms with Gasteiger partial charge in [0.1, 0.15) is 5.75 Å². The maximum atomic E-state index is 12.6. The number of carboxylic acid groups (broad SMARTS) is 1. The number of nitrogens with zero attached hydrogens (tertiary/aromatic N) is 1. The van der Waals surface area contributed by atoms with Crippen molar-refractivity contribution in [2.24, 2.45) is 0 Å². The van der Waals surface area contributed by atoms with Crippen LogP contribution in [0, 0.1) is 6.92 Å². The molecule has 0 aliphatic heterocycles. The summed E-state index contributed by atoms with van der Waals surface area (Å²) in [5.74, 6) is -2.15. The van der Waals surface area contributed by atoms with E-state index in [2.05, 4.69) is 10.7 Å². The molecule has 1 heterocycles. The molecule has 2 aromatic carbocycles. The van der Waals surface area contributed by atoms with E-state index in [0.717, 1.165) is 11.1 Å². The Kier molecular flexibility index (Phi) is 6.71. The van der Waals surface area contributed by atoms with Crippen molar-refractivity contribution in [1.29, 1.82) is 0 Å². The van der Waals surface area contributed by atoms with Crippen molar-refractivity contribution in [3.63, 3.8) is 0 Å². The minimum atomic E-state index is -0.952. The first-order valence-electron chi connectivity index (χ1n) is 9.63. The van der Waals surface area contributed by atoms with Gasteiger partial charge in [-0.05, 0) is 31.2 Å². The van der Waals surface area contributed by atoms with E-state index in [4.69, 9.17) is 9.84 Å². The molecule has 160 valence electrons. The molecule has 0 unspecified atom stereocenters. The van der Waals surface area contributed by atoms with E-state index >= 15 is 0 Å². The Morgan fingerprint density at radius 1 is 1.00 bits per heavy atom. The van der Waals surface area contributed by atoms with Crippen LogP contribution in [0.15, 0.2) is 60.7 Å². The van der Waals surface area contributed by atoms with Crippen LogP contribution < -0.4 is 15.5 Å². The Balaban J connectivity index is 1.84. The molecule has 3 N–H and O–H groups in total. The average Bonchev–Trinajstić information content (AvgIpc) is 3.15. The number of hydrogen-bond donors (Lipinski definition) is 3. The number of methoxy groups -OCH3 is 1. The van der Waals surface area contributed by atoms with Gasteiger partial charge in [0.25, 0.3) is 0 Å². The largest absolute Gasteiger partial charge is 0.497 e. The molecule has 0 fully saturated rings. The smallest absolute Gasteiger partial charge is 0.328 e. The molecule has 0 aliphatic rings. The number of aryl methyl sites for hydroxylation is 2. The molecule has 0 spiro atoms. The fourth-order valence-corrected chi connectivity index (χ4v) is 3.03. The summed E-state index contributed by atoms with van der Waals surface area (Å²) in [5.41, 5.74) is 6.11. The summed E-state index contributed by atoms with van der Waals surface area (Å²) >= 11 is 0. The van der Waals surface area contributed by atoms with Gasteiger partial charge in [0, 0.05) is 29.4 Å². The van der Waals surface area contributed by atoms with Crippen LogP contribution in [0.3, 0.4) is 0 Å². The third-order valence-electron chi connectivity index (χ3n) is 4.65. The lowest BCUT2D eigenvalue weighted by Crippen LogP contribution is -2.35. The minimum Gasteiger partial charge on any atom is -0.497 e. The van der Waals surface area contributed by atoms with Gasteiger partial charge in [-0.1, -0.05) is 35.9 Å². The van der Waals surface area contributed by atoms with Gasteiger partial charge in [-0.25, -0.2) is 0 Å². The number of nitrogens with one attached hydrogen (secondary N) is 2. The highest BCUT2D eigenvalue weighted by atomic mass is 16.5. The summed E-state index contributed by atoms with van der Waals surface area (Å²) in [6.07, 6.45) is 0.0855. The Bertz CT molecular complexity index is 1100. The van der Waals surface area contributed by atoms with Crippen LogP contribution in [0.1, 0.15) is 17.7 Å². The third-order valence-corrected chi connectivity index (χ3v) is 4.65. The molecule has 0 radical (unpaired) electrons. The highest BCUT2D eigenvalue weighted by Crippen LogP contribution is 2.23. The highest BCUT2D eigenvalue weighted by molar-refractivity contribution is 6.42. The van der Waals surface area contributed by atoms with Crippen molar-refractivity contribution in [2.45, 2.75) is 19.8 Å². The summed E-state index contributed by atoms with van der Waals surface area (Å²) in [5, 5.41) is 11.6. The molecule has 3 aromatic rings. The monoisotopic (exact) mass is 421 g/mol. The van der Waals surface area contributed by atoms with E-state index in [1.54, 1.807) is 36.4 Å². The number of carbonyl (C=O) groups is 3. The number of hydrogen-bond acceptors (Lipinski definition) is 4. The quantitative estimate of drug-likeness (QED) is 0.508. The Labute approximate surface area is 179 Å². The zero-order valence-corrected chi connectivity index (χ0v) is 17.2. The van der Waals surface area contributed by atoms with Gasteiger partial charge in [-0.15, -0.1) is 0 Å². The van der Waals surface area contributed by atoms with Crippen LogP contribution in [0.4, 0.5) is 5.69 Å². The molecule has 0 saturated carbocycles. The fourth-order valence-electron chi connectivity index (χ4n) is 3.03. The van der Waals surface area contributed by atoms with Gasteiger partial charge in [0.15, 0.2) is 0 Å². The van der Waals surface area contributed by atoms with Crippen LogP contribution in [0.5, 0.6) is 5.75 Å². The van der Waals surface area contributed by atoms with Gasteiger partial charge in [-0.2, -0.15) is 0 Å². The zero-order chi connectivity index (χ0) is 22.4. The van der Waals surface area contributed by atoms with Crippen LogP contribution in [-0.4, -0.2) is 34.7 Å². The summed E-state index contributed by atoms with van der Waals surface area (Å²) in [6.45, 7) is 1.96. The van der Waals surface area contributed by atoms with Crippen LogP contribution >= 0.6 is 0 Å². The van der Waals surface area contributed by atoms with Crippen molar-refractivity contribution in [2.75, 3.05) is 17.9 Å². The number of carbonyl (C=O) groups excluding carboxylic acids is 2. The fraction of sp³-hybridized carbons (Fsp3) is 0.174. The molecular formula is C23H23N3O5. The molecule has 31 heavy (non-hydrogen) atoms. The Morgan fingerprint density at radius 2 is 1.74 bits per heavy atom. The van der Waals surface area contributed by atoms with E-state index in [1.165, 1.54) is 11.8 Å². The number of rotatable bonds is 7. The van der Waals surface area contributed by atoms with E-state index in [9.17, 15) is 14.4 Å². The van der Waals surface area contributed by atoms with Crippen molar-refractivity contribution in [3.05, 3.63) is 71.9 Å². The van der Waals surface area contributed by atoms with Crippen LogP contribution in [-0.2, 0) is 20.8 Å². The lowest BCUT2D eigenvalue weighted by molar-refractivity contribution is -0.137. The topological polar surface area (TPSA) is 110 Å². The minimum absolute atomic E-state index is 0.108. The predicted octanol–water partition coefficient (Wildman–Crippen LogP) is 3.20. The summed E-state index contributed by atoms with van der Waals surface area (Å²) in [7, 11) is 1.50. The van der Waals surface area contributed by atoms with E-state index < -0.39 is 17.8 Å². The average molecular weight is 421 g/mol. The lowest BCUT2D eigenvalue weighted by Gasteiger charge is -2.15. The third kappa shape index (κ3) is 5.51. The molecule has 0 aliphatic carbocycles. The SMILES string of the molecule is COc1cccc(NC(=O)C(=O)Nn2c(CCC(=O)O)ccc2-c2ccc(C)cc2)c1. The van der Waals surface area contributed by atoms with Crippen molar-refractivity contribution >= 4 is 23.5 Å². The van der Waals surface area contributed by atoms with Crippen LogP contribution in [0.25, 0.3) is 11.3 Å². The molecule has 0 atom stereocenters. The normalized spacial score (nSPS) is 10.4. The first kappa shape index (κ1) is 21.6. The number of benzene rings is 2. The molecule has 0 saturated heterocycles. The van der Waals surface area contributed by atoms with E-state index in [0.29, 0.717) is 22.8 Å². The molecule has 2 amide bonds. The predicted molar refractivity (Wildman–Crippen MR) is 117 cm³/mol. The van der Waals surface area contributed by atoms with Gasteiger partial charge in [0.2, 0.25) is 0 Å². The summed E-state index contributed by atoms with van der Waals surface area (Å²) < 4.78 is 6.57. The van der Waals surface area contributed by atoms with E-state index in [1.807, 2.05) is 31.2 Å². The molecule has 0 bridgehead atoms. The number of anilines is 1. The van der Waals surface area contributed by atoms with E-state index in [-0.39, 0.29) is 12.8 Å². The zero-order valence-electron chi connectivity index (χ0n) is 17.2. The molecule has 8 heteroatoms. The van der Waals surface area contributed by atoms with Crippen molar-refractivity contribution in [1.82, 2.24) is 4.68 Å². The number of aromatic nitrogens is 1. The molecular weight excluding hydrogens is 398 g/mol. The number of carboxylic acids is 1. The molecule has 8 nitrogen and oxygen atoms in total. The number of amides is 2. The van der Waals surface area contributed by atoms with Gasteiger partial charge >= 0.3 is 17.8 Å². The first-order chi connectivity index (χ1) is 14.9. The summed E-state index contributed by atoms with van der Waals surface area (Å²) in [6, 6.07) is 17.8. The lowest BCUT2D eigenvalue weighted by atomic mass is 10.1. The van der Waals surface area contributed by atoms with Crippen molar-refractivity contribution in [3.8, 4) is 17.0 Å². The Hall–Kier alpha value is -4.07. The standard InChI is InChI=1S/C23H23N3O5/c1-15-6-8-16(9-7-15)20-12-10-18(11-13-21(27)28)26(20)25-23(30)22(29)24-17-4-3-5-19(14-17)31-2/h3-10,12,14H,11,13H2,1-2H3,(H,24,29)(H,25,30)(H,27,28).